The van der Waals surface area contributed by atoms with Crippen LogP contribution in [0.15, 0.2) is 29.3 Å². The highest BCUT2D eigenvalue weighted by atomic mass is 32.2. The third-order valence-electron chi connectivity index (χ3n) is 9.62. The maximum atomic E-state index is 12.9. The van der Waals surface area contributed by atoms with E-state index in [1.54, 1.807) is 23.9 Å². The van der Waals surface area contributed by atoms with Crippen LogP contribution < -0.4 is 21.3 Å². The zero-order valence-corrected chi connectivity index (χ0v) is 31.2. The summed E-state index contributed by atoms with van der Waals surface area (Å²) in [4.78, 5) is 43.5. The molecule has 284 valence electrons. The van der Waals surface area contributed by atoms with Crippen LogP contribution in [0.2, 0.25) is 0 Å². The molecule has 0 aromatic heterocycles. The van der Waals surface area contributed by atoms with Crippen molar-refractivity contribution < 1.29 is 38.4 Å². The number of carbonyl (C=O) groups excluding carboxylic acids is 3. The van der Waals surface area contributed by atoms with Gasteiger partial charge in [-0.25, -0.2) is 4.79 Å². The van der Waals surface area contributed by atoms with Crippen molar-refractivity contribution in [2.45, 2.75) is 74.0 Å². The van der Waals surface area contributed by atoms with Gasteiger partial charge in [0, 0.05) is 47.9 Å². The lowest BCUT2D eigenvalue weighted by Gasteiger charge is -2.27. The summed E-state index contributed by atoms with van der Waals surface area (Å²) in [5.74, 6) is 2.10. The number of hydrogen-bond donors (Lipinski definition) is 5. The molecular formula is C35H54N6O8S2. The zero-order valence-electron chi connectivity index (χ0n) is 29.5. The van der Waals surface area contributed by atoms with Crippen molar-refractivity contribution in [2.24, 2.45) is 4.99 Å². The summed E-state index contributed by atoms with van der Waals surface area (Å²) in [7, 11) is 2.00. The number of likely N-dealkylation sites (N-methyl/N-ethyl adjacent to an activating group) is 1. The van der Waals surface area contributed by atoms with Gasteiger partial charge >= 0.3 is 6.03 Å². The topological polar surface area (TPSA) is 172 Å². The first-order valence-electron chi connectivity index (χ1n) is 18.2. The molecule has 16 heteroatoms. The molecule has 0 aliphatic carbocycles. The fraction of sp³-hybridized carbons (Fsp3) is 0.714. The smallest absolute Gasteiger partial charge is 0.315 e. The van der Waals surface area contributed by atoms with E-state index in [1.807, 2.05) is 30.9 Å². The maximum Gasteiger partial charge on any atom is 0.315 e. The van der Waals surface area contributed by atoms with Gasteiger partial charge in [-0.05, 0) is 44.9 Å². The summed E-state index contributed by atoms with van der Waals surface area (Å²) in [6.07, 6.45) is 5.02. The number of thioether (sulfide) groups is 2. The predicted molar refractivity (Wildman–Crippen MR) is 199 cm³/mol. The molecule has 4 aliphatic heterocycles. The van der Waals surface area contributed by atoms with Gasteiger partial charge < -0.3 is 45.3 Å². The van der Waals surface area contributed by atoms with Crippen molar-refractivity contribution in [1.29, 1.82) is 0 Å². The molecule has 1 aromatic rings. The lowest BCUT2D eigenvalue weighted by atomic mass is 10.0. The summed E-state index contributed by atoms with van der Waals surface area (Å²) in [5, 5.41) is 23.3. The normalized spacial score (nSPS) is 25.7. The van der Waals surface area contributed by atoms with E-state index in [-0.39, 0.29) is 53.8 Å². The van der Waals surface area contributed by atoms with E-state index in [2.05, 4.69) is 26.2 Å². The Morgan fingerprint density at radius 1 is 0.922 bits per heavy atom. The van der Waals surface area contributed by atoms with Crippen molar-refractivity contribution in [1.82, 2.24) is 26.2 Å². The second-order valence-corrected chi connectivity index (χ2v) is 15.4. The molecule has 5 rings (SSSR count). The molecule has 0 saturated carbocycles. The number of aliphatic imine (C=N–C) groups is 1. The fourth-order valence-electron chi connectivity index (χ4n) is 6.89. The third kappa shape index (κ3) is 12.2. The number of hydrogen-bond acceptors (Lipinski definition) is 12. The number of fused-ring (bicyclic) bond motifs is 1. The quantitative estimate of drug-likeness (QED) is 0.0816. The van der Waals surface area contributed by atoms with E-state index in [0.717, 1.165) is 54.2 Å². The molecule has 6 atom stereocenters. The molecule has 1 aromatic carbocycles. The van der Waals surface area contributed by atoms with Crippen molar-refractivity contribution in [3.05, 3.63) is 29.8 Å². The Balaban J connectivity index is 0.770. The molecule has 51 heavy (non-hydrogen) atoms. The van der Waals surface area contributed by atoms with E-state index in [0.29, 0.717) is 77.6 Å². The second kappa shape index (κ2) is 21.2. The van der Waals surface area contributed by atoms with Gasteiger partial charge in [0.25, 0.3) is 0 Å². The number of phenols is 1. The van der Waals surface area contributed by atoms with Gasteiger partial charge in [-0.1, -0.05) is 18.6 Å². The van der Waals surface area contributed by atoms with E-state index in [4.69, 9.17) is 23.9 Å². The van der Waals surface area contributed by atoms with Crippen LogP contribution in [0.25, 0.3) is 0 Å². The number of rotatable bonds is 23. The number of likely N-dealkylation sites (tertiary alicyclic amines) is 1. The molecule has 4 aliphatic rings. The van der Waals surface area contributed by atoms with Crippen molar-refractivity contribution in [3.8, 4) is 5.75 Å². The van der Waals surface area contributed by atoms with Gasteiger partial charge in [-0.3, -0.25) is 19.5 Å². The van der Waals surface area contributed by atoms with Crippen molar-refractivity contribution in [2.75, 3.05) is 84.5 Å². The number of nitrogens with zero attached hydrogens (tertiary/aromatic N) is 2. The van der Waals surface area contributed by atoms with Crippen LogP contribution in [0.3, 0.4) is 0 Å². The Hall–Kier alpha value is -2.60. The third-order valence-corrected chi connectivity index (χ3v) is 12.2. The maximum absolute atomic E-state index is 12.9. The number of para-hydroxylation sites is 1. The minimum Gasteiger partial charge on any atom is -0.507 e. The summed E-state index contributed by atoms with van der Waals surface area (Å²) >= 11 is 3.56. The molecular weight excluding hydrogens is 697 g/mol. The first kappa shape index (κ1) is 39.6. The SMILES string of the molecule is CN1C(C(=O)NCCOCCOCCOCCOCCNC(=O)CCCCC2SCC3NC(=O)NC32)CCC1C1CSC(c2ccccc2O)=N1. The molecule has 4 heterocycles. The van der Waals surface area contributed by atoms with E-state index in [1.165, 1.54) is 0 Å². The molecule has 14 nitrogen and oxygen atoms in total. The number of phenolic OH excluding ortho intramolecular Hbond substituents is 1. The molecule has 0 radical (unpaired) electrons. The monoisotopic (exact) mass is 750 g/mol. The van der Waals surface area contributed by atoms with Gasteiger partial charge in [0.15, 0.2) is 0 Å². The lowest BCUT2D eigenvalue weighted by Crippen LogP contribution is -2.47. The standard InChI is InChI=1S/C35H54N6O8S2/c1-41-27(25-22-51-34(38-25)24-6-2-3-7-29(24)42)10-11-28(41)33(44)37-13-15-47-17-19-49-21-20-48-18-16-46-14-12-36-31(43)9-5-4-8-30-32-26(23-50-30)39-35(45)40-32/h2-3,6-7,25-28,30,32,42H,4-5,8-23H2,1H3,(H,36,43)(H,37,44)(H2,39,40,45). The highest BCUT2D eigenvalue weighted by molar-refractivity contribution is 8.14. The number of benzene rings is 1. The summed E-state index contributed by atoms with van der Waals surface area (Å²) < 4.78 is 22.2. The largest absolute Gasteiger partial charge is 0.507 e. The lowest BCUT2D eigenvalue weighted by molar-refractivity contribution is -0.125. The van der Waals surface area contributed by atoms with Crippen LogP contribution >= 0.6 is 23.5 Å². The average molecular weight is 751 g/mol. The first-order valence-corrected chi connectivity index (χ1v) is 20.2. The van der Waals surface area contributed by atoms with E-state index >= 15 is 0 Å². The van der Waals surface area contributed by atoms with Crippen LogP contribution in [-0.2, 0) is 28.5 Å². The molecule has 4 amide bonds. The molecule has 6 unspecified atom stereocenters. The van der Waals surface area contributed by atoms with Gasteiger partial charge in [0.05, 0.1) is 77.0 Å². The number of amides is 4. The highest BCUT2D eigenvalue weighted by Gasteiger charge is 2.43. The van der Waals surface area contributed by atoms with E-state index in [9.17, 15) is 19.5 Å². The van der Waals surface area contributed by atoms with Crippen LogP contribution in [-0.4, -0.2) is 153 Å². The zero-order chi connectivity index (χ0) is 35.8. The van der Waals surface area contributed by atoms with Gasteiger partial charge in [0.1, 0.15) is 10.8 Å². The summed E-state index contributed by atoms with van der Waals surface area (Å²) in [5.41, 5.74) is 0.771. The highest BCUT2D eigenvalue weighted by Crippen LogP contribution is 2.35. The molecule has 3 saturated heterocycles. The predicted octanol–water partition coefficient (Wildman–Crippen LogP) is 1.74. The van der Waals surface area contributed by atoms with Crippen molar-refractivity contribution >= 4 is 46.4 Å². The number of ether oxygens (including phenoxy) is 4. The minimum atomic E-state index is -0.183. The Morgan fingerprint density at radius 2 is 1.61 bits per heavy atom. The molecule has 3 fully saturated rings. The summed E-state index contributed by atoms with van der Waals surface area (Å²) in [6, 6.07) is 7.79. The van der Waals surface area contributed by atoms with Crippen molar-refractivity contribution in [3.63, 3.8) is 0 Å². The molecule has 0 spiro atoms. The fourth-order valence-corrected chi connectivity index (χ4v) is 9.59. The molecule has 5 N–H and O–H groups in total. The van der Waals surface area contributed by atoms with Gasteiger partial charge in [0.2, 0.25) is 11.8 Å². The van der Waals surface area contributed by atoms with Crippen LogP contribution in [0.1, 0.15) is 44.1 Å². The number of carbonyl (C=O) groups is 3. The Labute approximate surface area is 309 Å². The minimum absolute atomic E-state index is 0.0144. The van der Waals surface area contributed by atoms with Crippen LogP contribution in [0.4, 0.5) is 4.79 Å². The Bertz CT molecular complexity index is 1310. The first-order chi connectivity index (χ1) is 24.9. The number of nitrogens with one attached hydrogen (secondary N) is 4. The molecule has 0 bridgehead atoms. The number of unbranched alkanes of at least 4 members (excludes halogenated alkanes) is 1. The summed E-state index contributed by atoms with van der Waals surface area (Å²) in [6.45, 7) is 4.45. The van der Waals surface area contributed by atoms with E-state index < -0.39 is 0 Å². The average Bonchev–Trinajstić information content (AvgIpc) is 3.91. The number of aromatic hydroxyl groups is 1. The van der Waals surface area contributed by atoms with Crippen LogP contribution in [0.5, 0.6) is 5.75 Å². The second-order valence-electron chi connectivity index (χ2n) is 13.1. The Morgan fingerprint density at radius 3 is 2.33 bits per heavy atom. The van der Waals surface area contributed by atoms with Crippen LogP contribution in [0, 0.1) is 0 Å². The Kier molecular flexibility index (Phi) is 16.5. The number of urea groups is 1. The van der Waals surface area contributed by atoms with Gasteiger partial charge in [-0.15, -0.1) is 11.8 Å². The van der Waals surface area contributed by atoms with Gasteiger partial charge in [-0.2, -0.15) is 11.8 Å².